The average molecular weight is 288 g/mol. The molecular formula is C17H24N2O2. The molecule has 0 saturated carbocycles. The zero-order valence-electron chi connectivity index (χ0n) is 12.6. The van der Waals surface area contributed by atoms with Gasteiger partial charge in [0.05, 0.1) is 19.1 Å². The fraction of sp³-hybridized carbons (Fsp3) is 0.588. The summed E-state index contributed by atoms with van der Waals surface area (Å²) in [5.74, 6) is 1.31. The normalized spacial score (nSPS) is 32.6. The fourth-order valence-electron chi connectivity index (χ4n) is 3.58. The lowest BCUT2D eigenvalue weighted by molar-refractivity contribution is -0.135. The molecule has 2 fully saturated rings. The van der Waals surface area contributed by atoms with Gasteiger partial charge in [-0.1, -0.05) is 37.3 Å². The first-order valence-electron chi connectivity index (χ1n) is 7.82. The number of nitrogens with two attached hydrogens (primary N) is 1. The molecule has 4 heteroatoms. The minimum atomic E-state index is -0.0453. The number of likely N-dealkylation sites (tertiary alicyclic amines) is 1. The molecule has 4 atom stereocenters. The lowest BCUT2D eigenvalue weighted by Crippen LogP contribution is -2.37. The summed E-state index contributed by atoms with van der Waals surface area (Å²) >= 11 is 0. The van der Waals surface area contributed by atoms with Crippen molar-refractivity contribution in [2.24, 2.45) is 23.5 Å². The monoisotopic (exact) mass is 288 g/mol. The Kier molecular flexibility index (Phi) is 4.27. The van der Waals surface area contributed by atoms with E-state index in [4.69, 9.17) is 10.5 Å². The number of carbonyl (C=O) groups excluding carboxylic acids is 1. The average Bonchev–Trinajstić information content (AvgIpc) is 3.14. The first-order chi connectivity index (χ1) is 10.2. The second-order valence-electron chi connectivity index (χ2n) is 6.38. The van der Waals surface area contributed by atoms with Crippen LogP contribution in [0, 0.1) is 17.8 Å². The van der Waals surface area contributed by atoms with Gasteiger partial charge in [-0.05, 0) is 23.9 Å². The Labute approximate surface area is 126 Å². The molecule has 1 aromatic carbocycles. The van der Waals surface area contributed by atoms with Crippen LogP contribution in [0.15, 0.2) is 30.3 Å². The number of hydrogen-bond acceptors (Lipinski definition) is 3. The van der Waals surface area contributed by atoms with E-state index in [1.165, 1.54) is 5.56 Å². The van der Waals surface area contributed by atoms with Gasteiger partial charge in [0.15, 0.2) is 0 Å². The van der Waals surface area contributed by atoms with E-state index >= 15 is 0 Å². The topological polar surface area (TPSA) is 55.6 Å². The SMILES string of the molecule is CC1CN(C(=O)C2COCC2c2ccccc2)CC1CN. The molecule has 3 rings (SSSR count). The Hall–Kier alpha value is -1.39. The van der Waals surface area contributed by atoms with Crippen LogP contribution in [0.3, 0.4) is 0 Å². The minimum Gasteiger partial charge on any atom is -0.380 e. The molecule has 0 spiro atoms. The lowest BCUT2D eigenvalue weighted by Gasteiger charge is -2.24. The van der Waals surface area contributed by atoms with E-state index in [9.17, 15) is 4.79 Å². The third-order valence-electron chi connectivity index (χ3n) is 5.01. The maximum atomic E-state index is 12.8. The van der Waals surface area contributed by atoms with Crippen LogP contribution in [-0.4, -0.2) is 43.7 Å². The third-order valence-corrected chi connectivity index (χ3v) is 5.01. The maximum absolute atomic E-state index is 12.8. The highest BCUT2D eigenvalue weighted by atomic mass is 16.5. The molecule has 2 saturated heterocycles. The van der Waals surface area contributed by atoms with E-state index in [1.54, 1.807) is 0 Å². The second-order valence-corrected chi connectivity index (χ2v) is 6.38. The molecule has 114 valence electrons. The van der Waals surface area contributed by atoms with Crippen molar-refractivity contribution < 1.29 is 9.53 Å². The number of benzene rings is 1. The Morgan fingerprint density at radius 3 is 2.71 bits per heavy atom. The van der Waals surface area contributed by atoms with Gasteiger partial charge >= 0.3 is 0 Å². The van der Waals surface area contributed by atoms with Crippen LogP contribution in [0.25, 0.3) is 0 Å². The molecule has 2 aliphatic rings. The van der Waals surface area contributed by atoms with Crippen LogP contribution in [0.5, 0.6) is 0 Å². The molecule has 4 nitrogen and oxygen atoms in total. The van der Waals surface area contributed by atoms with Crippen molar-refractivity contribution in [3.63, 3.8) is 0 Å². The zero-order chi connectivity index (χ0) is 14.8. The molecule has 2 aliphatic heterocycles. The van der Waals surface area contributed by atoms with Crippen LogP contribution in [0.1, 0.15) is 18.4 Å². The zero-order valence-corrected chi connectivity index (χ0v) is 12.6. The van der Waals surface area contributed by atoms with E-state index in [0.717, 1.165) is 13.1 Å². The molecule has 4 unspecified atom stereocenters. The molecule has 1 amide bonds. The highest BCUT2D eigenvalue weighted by Gasteiger charge is 2.40. The molecule has 0 bridgehead atoms. The summed E-state index contributed by atoms with van der Waals surface area (Å²) in [6.07, 6.45) is 0. The molecule has 0 aliphatic carbocycles. The molecule has 21 heavy (non-hydrogen) atoms. The van der Waals surface area contributed by atoms with Gasteiger partial charge in [0.2, 0.25) is 5.91 Å². The summed E-state index contributed by atoms with van der Waals surface area (Å²) in [4.78, 5) is 14.8. The van der Waals surface area contributed by atoms with Gasteiger partial charge < -0.3 is 15.4 Å². The molecule has 0 aromatic heterocycles. The van der Waals surface area contributed by atoms with Gasteiger partial charge in [-0.2, -0.15) is 0 Å². The summed E-state index contributed by atoms with van der Waals surface area (Å²) in [6.45, 7) is 5.66. The van der Waals surface area contributed by atoms with Gasteiger partial charge in [-0.25, -0.2) is 0 Å². The van der Waals surface area contributed by atoms with Gasteiger partial charge in [-0.15, -0.1) is 0 Å². The van der Waals surface area contributed by atoms with Crippen molar-refractivity contribution in [2.45, 2.75) is 12.8 Å². The fourth-order valence-corrected chi connectivity index (χ4v) is 3.58. The lowest BCUT2D eigenvalue weighted by atomic mass is 9.88. The van der Waals surface area contributed by atoms with Crippen molar-refractivity contribution in [1.29, 1.82) is 0 Å². The van der Waals surface area contributed by atoms with Crippen LogP contribution < -0.4 is 5.73 Å². The molecule has 0 radical (unpaired) electrons. The van der Waals surface area contributed by atoms with E-state index in [2.05, 4.69) is 19.1 Å². The Balaban J connectivity index is 1.72. The molecule has 2 heterocycles. The summed E-state index contributed by atoms with van der Waals surface area (Å²) in [5, 5.41) is 0. The second kappa shape index (κ2) is 6.16. The van der Waals surface area contributed by atoms with Crippen LogP contribution in [0.4, 0.5) is 0 Å². The Bertz CT molecular complexity index is 491. The number of ether oxygens (including phenoxy) is 1. The highest BCUT2D eigenvalue weighted by Crippen LogP contribution is 2.34. The molecule has 1 aromatic rings. The summed E-state index contributed by atoms with van der Waals surface area (Å²) in [7, 11) is 0. The predicted octanol–water partition coefficient (Wildman–Crippen LogP) is 1.47. The first-order valence-corrected chi connectivity index (χ1v) is 7.82. The Morgan fingerprint density at radius 1 is 1.29 bits per heavy atom. The first kappa shape index (κ1) is 14.5. The van der Waals surface area contributed by atoms with Gasteiger partial charge in [0, 0.05) is 19.0 Å². The standard InChI is InChI=1S/C17H24N2O2/c1-12-8-19(9-14(12)7-18)17(20)16-11-21-10-15(16)13-5-3-2-4-6-13/h2-6,12,14-16H,7-11,18H2,1H3. The van der Waals surface area contributed by atoms with Crippen molar-refractivity contribution in [3.8, 4) is 0 Å². The minimum absolute atomic E-state index is 0.0453. The van der Waals surface area contributed by atoms with Crippen molar-refractivity contribution in [3.05, 3.63) is 35.9 Å². The number of rotatable bonds is 3. The largest absolute Gasteiger partial charge is 0.380 e. The van der Waals surface area contributed by atoms with Crippen molar-refractivity contribution in [2.75, 3.05) is 32.8 Å². The quantitative estimate of drug-likeness (QED) is 0.916. The number of nitrogens with zero attached hydrogens (tertiary/aromatic N) is 1. The molecular weight excluding hydrogens is 264 g/mol. The van der Waals surface area contributed by atoms with Crippen LogP contribution in [-0.2, 0) is 9.53 Å². The van der Waals surface area contributed by atoms with Crippen LogP contribution in [0.2, 0.25) is 0 Å². The molecule has 2 N–H and O–H groups in total. The van der Waals surface area contributed by atoms with Gasteiger partial charge in [0.25, 0.3) is 0 Å². The van der Waals surface area contributed by atoms with Crippen molar-refractivity contribution >= 4 is 5.91 Å². The highest BCUT2D eigenvalue weighted by molar-refractivity contribution is 5.80. The van der Waals surface area contributed by atoms with E-state index < -0.39 is 0 Å². The Morgan fingerprint density at radius 2 is 2.05 bits per heavy atom. The van der Waals surface area contributed by atoms with Crippen molar-refractivity contribution in [1.82, 2.24) is 4.90 Å². The summed E-state index contributed by atoms with van der Waals surface area (Å²) in [5.41, 5.74) is 7.00. The van der Waals surface area contributed by atoms with Gasteiger partial charge in [-0.3, -0.25) is 4.79 Å². The van der Waals surface area contributed by atoms with E-state index in [0.29, 0.717) is 31.6 Å². The van der Waals surface area contributed by atoms with E-state index in [1.807, 2.05) is 23.1 Å². The maximum Gasteiger partial charge on any atom is 0.228 e. The predicted molar refractivity (Wildman–Crippen MR) is 81.8 cm³/mol. The third kappa shape index (κ3) is 2.83. The summed E-state index contributed by atoms with van der Waals surface area (Å²) < 4.78 is 5.61. The summed E-state index contributed by atoms with van der Waals surface area (Å²) in [6, 6.07) is 10.2. The van der Waals surface area contributed by atoms with E-state index in [-0.39, 0.29) is 17.7 Å². The number of amides is 1. The van der Waals surface area contributed by atoms with Crippen LogP contribution >= 0.6 is 0 Å². The number of carbonyl (C=O) groups is 1. The number of hydrogen-bond donors (Lipinski definition) is 1. The smallest absolute Gasteiger partial charge is 0.228 e. The van der Waals surface area contributed by atoms with Gasteiger partial charge in [0.1, 0.15) is 0 Å².